The fraction of sp³-hybridized carbons (Fsp3) is 0.750. The quantitative estimate of drug-likeness (QED) is 0.896. The van der Waals surface area contributed by atoms with E-state index in [0.717, 1.165) is 30.5 Å². The number of halogens is 1. The van der Waals surface area contributed by atoms with Crippen LogP contribution >= 0.6 is 12.4 Å². The van der Waals surface area contributed by atoms with Crippen LogP contribution in [-0.4, -0.2) is 36.7 Å². The van der Waals surface area contributed by atoms with Crippen molar-refractivity contribution in [2.45, 2.75) is 26.3 Å². The van der Waals surface area contributed by atoms with Crippen molar-refractivity contribution >= 4 is 12.4 Å². The predicted molar refractivity (Wildman–Crippen MR) is 70.4 cm³/mol. The first kappa shape index (κ1) is 14.5. The van der Waals surface area contributed by atoms with Gasteiger partial charge in [0.25, 0.3) is 0 Å². The van der Waals surface area contributed by atoms with Crippen LogP contribution in [0.15, 0.2) is 10.6 Å². The third kappa shape index (κ3) is 4.30. The summed E-state index contributed by atoms with van der Waals surface area (Å²) >= 11 is 0. The smallest absolute Gasteiger partial charge is 0.133 e. The fourth-order valence-electron chi connectivity index (χ4n) is 2.47. The highest BCUT2D eigenvalue weighted by Gasteiger charge is 2.19. The monoisotopic (exact) mass is 259 g/mol. The molecule has 1 unspecified atom stereocenters. The third-order valence-electron chi connectivity index (χ3n) is 3.16. The largest absolute Gasteiger partial charge is 0.361 e. The maximum absolute atomic E-state index is 5.09. The Labute approximate surface area is 109 Å². The number of hydrogen-bond acceptors (Lipinski definition) is 4. The Morgan fingerprint density at radius 3 is 3.06 bits per heavy atom. The van der Waals surface area contributed by atoms with E-state index >= 15 is 0 Å². The maximum atomic E-state index is 5.09. The van der Waals surface area contributed by atoms with Gasteiger partial charge in [-0.1, -0.05) is 5.16 Å². The molecular weight excluding hydrogens is 238 g/mol. The molecule has 0 saturated carbocycles. The fourth-order valence-corrected chi connectivity index (χ4v) is 2.47. The van der Waals surface area contributed by atoms with Gasteiger partial charge in [0.15, 0.2) is 0 Å². The standard InChI is InChI=1S/C12H21N3O.ClH/c1-10-6-12(14-16-10)9-15-5-3-4-11(8-15)7-13-2;/h6,11,13H,3-5,7-9H2,1-2H3;1H. The summed E-state index contributed by atoms with van der Waals surface area (Å²) in [6, 6.07) is 2.03. The highest BCUT2D eigenvalue weighted by molar-refractivity contribution is 5.85. The molecule has 5 heteroatoms. The second-order valence-electron chi connectivity index (χ2n) is 4.73. The van der Waals surface area contributed by atoms with E-state index in [1.54, 1.807) is 0 Å². The van der Waals surface area contributed by atoms with Crippen LogP contribution in [0, 0.1) is 12.8 Å². The molecule has 1 saturated heterocycles. The second kappa shape index (κ2) is 6.99. The van der Waals surface area contributed by atoms with Crippen molar-refractivity contribution in [3.8, 4) is 0 Å². The summed E-state index contributed by atoms with van der Waals surface area (Å²) in [4.78, 5) is 2.48. The normalized spacial score (nSPS) is 21.2. The average molecular weight is 260 g/mol. The molecule has 2 rings (SSSR count). The molecule has 0 spiro atoms. The number of nitrogens with one attached hydrogen (secondary N) is 1. The van der Waals surface area contributed by atoms with Crippen molar-refractivity contribution in [1.29, 1.82) is 0 Å². The molecule has 98 valence electrons. The molecule has 4 nitrogen and oxygen atoms in total. The lowest BCUT2D eigenvalue weighted by Gasteiger charge is -2.31. The first-order valence-electron chi connectivity index (χ1n) is 6.07. The van der Waals surface area contributed by atoms with E-state index in [9.17, 15) is 0 Å². The topological polar surface area (TPSA) is 41.3 Å². The number of aromatic nitrogens is 1. The molecule has 1 aliphatic heterocycles. The molecule has 0 bridgehead atoms. The number of rotatable bonds is 4. The van der Waals surface area contributed by atoms with E-state index < -0.39 is 0 Å². The van der Waals surface area contributed by atoms with Crippen LogP contribution in [-0.2, 0) is 6.54 Å². The summed E-state index contributed by atoms with van der Waals surface area (Å²) in [5.41, 5.74) is 1.06. The summed E-state index contributed by atoms with van der Waals surface area (Å²) in [5.74, 6) is 1.69. The van der Waals surface area contributed by atoms with Gasteiger partial charge in [-0.2, -0.15) is 0 Å². The number of nitrogens with zero attached hydrogens (tertiary/aromatic N) is 2. The summed E-state index contributed by atoms with van der Waals surface area (Å²) in [6.45, 7) is 6.35. The van der Waals surface area contributed by atoms with Gasteiger partial charge in [-0.3, -0.25) is 4.90 Å². The molecule has 17 heavy (non-hydrogen) atoms. The highest BCUT2D eigenvalue weighted by atomic mass is 35.5. The van der Waals surface area contributed by atoms with E-state index in [0.29, 0.717) is 0 Å². The lowest BCUT2D eigenvalue weighted by molar-refractivity contribution is 0.163. The third-order valence-corrected chi connectivity index (χ3v) is 3.16. The van der Waals surface area contributed by atoms with Gasteiger partial charge in [0, 0.05) is 19.2 Å². The molecule has 0 amide bonds. The molecule has 1 aromatic rings. The molecule has 1 atom stereocenters. The molecule has 1 aliphatic rings. The minimum absolute atomic E-state index is 0. The van der Waals surface area contributed by atoms with Crippen LogP contribution < -0.4 is 5.32 Å². The molecule has 1 aromatic heterocycles. The second-order valence-corrected chi connectivity index (χ2v) is 4.73. The Morgan fingerprint density at radius 1 is 1.59 bits per heavy atom. The Kier molecular flexibility index (Phi) is 5.95. The van der Waals surface area contributed by atoms with Crippen molar-refractivity contribution < 1.29 is 4.52 Å². The van der Waals surface area contributed by atoms with Crippen LogP contribution in [0.1, 0.15) is 24.3 Å². The Balaban J connectivity index is 0.00000144. The van der Waals surface area contributed by atoms with Gasteiger partial charge in [-0.05, 0) is 45.8 Å². The summed E-state index contributed by atoms with van der Waals surface area (Å²) in [7, 11) is 2.03. The number of hydrogen-bond donors (Lipinski definition) is 1. The SMILES string of the molecule is CNCC1CCCN(Cc2cc(C)on2)C1.Cl. The number of likely N-dealkylation sites (tertiary alicyclic amines) is 1. The average Bonchev–Trinajstić information content (AvgIpc) is 2.65. The minimum atomic E-state index is 0. The van der Waals surface area contributed by atoms with E-state index in [1.165, 1.54) is 25.9 Å². The molecule has 1 fully saturated rings. The van der Waals surface area contributed by atoms with Crippen LogP contribution in [0.25, 0.3) is 0 Å². The molecule has 0 aliphatic carbocycles. The van der Waals surface area contributed by atoms with Crippen LogP contribution in [0.4, 0.5) is 0 Å². The van der Waals surface area contributed by atoms with E-state index in [-0.39, 0.29) is 12.4 Å². The van der Waals surface area contributed by atoms with Crippen molar-refractivity contribution in [1.82, 2.24) is 15.4 Å². The van der Waals surface area contributed by atoms with Crippen molar-refractivity contribution in [2.75, 3.05) is 26.7 Å². The summed E-state index contributed by atoms with van der Waals surface area (Å²) < 4.78 is 5.09. The Bertz CT molecular complexity index is 327. The number of piperidine rings is 1. The molecule has 2 heterocycles. The van der Waals surface area contributed by atoms with Crippen LogP contribution in [0.3, 0.4) is 0 Å². The molecule has 1 N–H and O–H groups in total. The van der Waals surface area contributed by atoms with E-state index in [2.05, 4.69) is 15.4 Å². The van der Waals surface area contributed by atoms with E-state index in [4.69, 9.17) is 4.52 Å². The van der Waals surface area contributed by atoms with Crippen LogP contribution in [0.2, 0.25) is 0 Å². The van der Waals surface area contributed by atoms with Gasteiger partial charge < -0.3 is 9.84 Å². The van der Waals surface area contributed by atoms with E-state index in [1.807, 2.05) is 20.0 Å². The predicted octanol–water partition coefficient (Wildman–Crippen LogP) is 1.84. The number of aryl methyl sites for hydroxylation is 1. The first-order chi connectivity index (χ1) is 7.78. The van der Waals surface area contributed by atoms with Crippen molar-refractivity contribution in [3.05, 3.63) is 17.5 Å². The van der Waals surface area contributed by atoms with Gasteiger partial charge in [-0.25, -0.2) is 0 Å². The Hall–Kier alpha value is -0.580. The van der Waals surface area contributed by atoms with Crippen molar-refractivity contribution in [3.63, 3.8) is 0 Å². The first-order valence-corrected chi connectivity index (χ1v) is 6.07. The maximum Gasteiger partial charge on any atom is 0.133 e. The minimum Gasteiger partial charge on any atom is -0.361 e. The zero-order valence-corrected chi connectivity index (χ0v) is 11.4. The summed E-state index contributed by atoms with van der Waals surface area (Å²) in [5, 5.41) is 7.31. The summed E-state index contributed by atoms with van der Waals surface area (Å²) in [6.07, 6.45) is 2.64. The molecule has 0 aromatic carbocycles. The van der Waals surface area contributed by atoms with Gasteiger partial charge in [0.2, 0.25) is 0 Å². The lowest BCUT2D eigenvalue weighted by atomic mass is 9.98. The highest BCUT2D eigenvalue weighted by Crippen LogP contribution is 2.17. The van der Waals surface area contributed by atoms with Gasteiger partial charge >= 0.3 is 0 Å². The Morgan fingerprint density at radius 2 is 2.41 bits per heavy atom. The van der Waals surface area contributed by atoms with Crippen LogP contribution in [0.5, 0.6) is 0 Å². The van der Waals surface area contributed by atoms with Crippen molar-refractivity contribution in [2.24, 2.45) is 5.92 Å². The van der Waals surface area contributed by atoms with Gasteiger partial charge in [-0.15, -0.1) is 12.4 Å². The lowest BCUT2D eigenvalue weighted by Crippen LogP contribution is -2.38. The molecular formula is C12H22ClN3O. The zero-order valence-electron chi connectivity index (χ0n) is 10.6. The zero-order chi connectivity index (χ0) is 11.4. The van der Waals surface area contributed by atoms with Gasteiger partial charge in [0.1, 0.15) is 5.76 Å². The molecule has 0 radical (unpaired) electrons. The van der Waals surface area contributed by atoms with Gasteiger partial charge in [0.05, 0.1) is 5.69 Å².